The number of nitrogens with one attached hydrogen (secondary N) is 1. The molecule has 1 amide bonds. The van der Waals surface area contributed by atoms with E-state index in [-0.39, 0.29) is 17.9 Å². The number of ether oxygens (including phenoxy) is 1. The molecular formula is C20H19F3N4O3S. The van der Waals surface area contributed by atoms with Crippen LogP contribution in [0.3, 0.4) is 0 Å². The first-order valence-electron chi connectivity index (χ1n) is 9.11. The molecule has 3 aromatic rings. The summed E-state index contributed by atoms with van der Waals surface area (Å²) in [5.74, 6) is -0.729. The highest BCUT2D eigenvalue weighted by Crippen LogP contribution is 2.29. The molecule has 164 valence electrons. The second-order valence-corrected chi connectivity index (χ2v) is 7.82. The smallest absolute Gasteiger partial charge is 0.406 e. The lowest BCUT2D eigenvalue weighted by Gasteiger charge is -2.09. The average molecular weight is 452 g/mol. The van der Waals surface area contributed by atoms with E-state index in [0.717, 1.165) is 11.3 Å². The van der Waals surface area contributed by atoms with Crippen LogP contribution in [-0.4, -0.2) is 27.0 Å². The van der Waals surface area contributed by atoms with E-state index in [1.54, 1.807) is 27.8 Å². The summed E-state index contributed by atoms with van der Waals surface area (Å²) in [5, 5.41) is 7.29. The van der Waals surface area contributed by atoms with Crippen LogP contribution in [0.25, 0.3) is 10.6 Å². The third-order valence-corrected chi connectivity index (χ3v) is 5.73. The highest BCUT2D eigenvalue weighted by Gasteiger charge is 2.31. The number of aryl methyl sites for hydroxylation is 3. The Balaban J connectivity index is 1.76. The molecule has 0 radical (unpaired) electrons. The minimum absolute atomic E-state index is 0.104. The van der Waals surface area contributed by atoms with E-state index in [0.29, 0.717) is 38.0 Å². The molecule has 0 spiro atoms. The molecule has 0 saturated carbocycles. The first kappa shape index (κ1) is 22.5. The van der Waals surface area contributed by atoms with Crippen LogP contribution >= 0.6 is 11.3 Å². The maximum atomic E-state index is 12.6. The van der Waals surface area contributed by atoms with Gasteiger partial charge in [0.2, 0.25) is 0 Å². The molecular weight excluding hydrogens is 433 g/mol. The summed E-state index contributed by atoms with van der Waals surface area (Å²) in [6.45, 7) is 5.35. The van der Waals surface area contributed by atoms with Gasteiger partial charge in [-0.15, -0.1) is 24.5 Å². The van der Waals surface area contributed by atoms with E-state index in [2.05, 4.69) is 20.1 Å². The Labute approximate surface area is 179 Å². The van der Waals surface area contributed by atoms with Gasteiger partial charge in [0.1, 0.15) is 15.6 Å². The SMILES string of the molecule is Cc1nc(-c2c(C)c(C)nn(C)c2=O)sc1C(=O)NCc1ccc(OC(F)(F)F)cc1. The van der Waals surface area contributed by atoms with Gasteiger partial charge in [-0.3, -0.25) is 9.59 Å². The van der Waals surface area contributed by atoms with Crippen molar-refractivity contribution in [1.29, 1.82) is 0 Å². The zero-order valence-electron chi connectivity index (χ0n) is 17.1. The summed E-state index contributed by atoms with van der Waals surface area (Å²) in [6.07, 6.45) is -4.76. The van der Waals surface area contributed by atoms with E-state index in [1.807, 2.05) is 0 Å². The van der Waals surface area contributed by atoms with E-state index in [1.165, 1.54) is 28.9 Å². The van der Waals surface area contributed by atoms with Crippen LogP contribution in [0.2, 0.25) is 0 Å². The fourth-order valence-corrected chi connectivity index (χ4v) is 3.96. The number of carbonyl (C=O) groups is 1. The lowest BCUT2D eigenvalue weighted by Crippen LogP contribution is -2.23. The highest BCUT2D eigenvalue weighted by molar-refractivity contribution is 7.17. The maximum Gasteiger partial charge on any atom is 0.573 e. The molecule has 0 aliphatic heterocycles. The van der Waals surface area contributed by atoms with Crippen LogP contribution in [0.15, 0.2) is 29.1 Å². The number of alkyl halides is 3. The van der Waals surface area contributed by atoms with Gasteiger partial charge in [0.25, 0.3) is 11.5 Å². The third kappa shape index (κ3) is 5.10. The van der Waals surface area contributed by atoms with Crippen molar-refractivity contribution in [2.24, 2.45) is 7.05 Å². The fraction of sp³-hybridized carbons (Fsp3) is 0.300. The Kier molecular flexibility index (Phi) is 6.16. The van der Waals surface area contributed by atoms with Crippen molar-refractivity contribution in [2.75, 3.05) is 0 Å². The van der Waals surface area contributed by atoms with Crippen molar-refractivity contribution in [3.05, 3.63) is 62.0 Å². The van der Waals surface area contributed by atoms with Gasteiger partial charge >= 0.3 is 6.36 Å². The molecule has 0 atom stereocenters. The molecule has 0 saturated heterocycles. The molecule has 0 aliphatic rings. The molecule has 0 fully saturated rings. The monoisotopic (exact) mass is 452 g/mol. The predicted molar refractivity (Wildman–Crippen MR) is 109 cm³/mol. The van der Waals surface area contributed by atoms with E-state index in [4.69, 9.17) is 0 Å². The van der Waals surface area contributed by atoms with Gasteiger partial charge in [0.15, 0.2) is 0 Å². The predicted octanol–water partition coefficient (Wildman–Crippen LogP) is 3.66. The van der Waals surface area contributed by atoms with Gasteiger partial charge in [-0.2, -0.15) is 5.10 Å². The topological polar surface area (TPSA) is 86.1 Å². The summed E-state index contributed by atoms with van der Waals surface area (Å²) in [5.41, 5.74) is 2.56. The van der Waals surface area contributed by atoms with Crippen molar-refractivity contribution in [2.45, 2.75) is 33.7 Å². The lowest BCUT2D eigenvalue weighted by molar-refractivity contribution is -0.274. The lowest BCUT2D eigenvalue weighted by atomic mass is 10.1. The standard InChI is InChI=1S/C20H19F3N4O3S/c1-10-11(2)26-27(4)19(29)15(10)18-25-12(3)16(31-18)17(28)24-9-13-5-7-14(8-6-13)30-20(21,22)23/h5-8H,9H2,1-4H3,(H,24,28). The molecule has 7 nitrogen and oxygen atoms in total. The van der Waals surface area contributed by atoms with E-state index < -0.39 is 12.3 Å². The molecule has 0 unspecified atom stereocenters. The van der Waals surface area contributed by atoms with Gasteiger partial charge in [0, 0.05) is 13.6 Å². The number of hydrogen-bond acceptors (Lipinski definition) is 6. The summed E-state index contributed by atoms with van der Waals surface area (Å²) in [6, 6.07) is 5.21. The number of halogens is 3. The minimum Gasteiger partial charge on any atom is -0.406 e. The zero-order chi connectivity index (χ0) is 22.9. The number of rotatable bonds is 5. The van der Waals surface area contributed by atoms with Crippen LogP contribution in [0.1, 0.15) is 32.2 Å². The second kappa shape index (κ2) is 8.50. The van der Waals surface area contributed by atoms with Crippen LogP contribution in [0.5, 0.6) is 5.75 Å². The molecule has 3 rings (SSSR count). The van der Waals surface area contributed by atoms with Crippen molar-refractivity contribution in [1.82, 2.24) is 20.1 Å². The third-order valence-electron chi connectivity index (χ3n) is 4.55. The molecule has 31 heavy (non-hydrogen) atoms. The van der Waals surface area contributed by atoms with Crippen LogP contribution < -0.4 is 15.6 Å². The molecule has 0 aliphatic carbocycles. The number of thiazole rings is 1. The summed E-state index contributed by atoms with van der Waals surface area (Å²) in [4.78, 5) is 29.9. The maximum absolute atomic E-state index is 12.6. The minimum atomic E-state index is -4.76. The van der Waals surface area contributed by atoms with E-state index in [9.17, 15) is 22.8 Å². The Bertz CT molecular complexity index is 1180. The summed E-state index contributed by atoms with van der Waals surface area (Å²) >= 11 is 1.10. The van der Waals surface area contributed by atoms with Crippen molar-refractivity contribution < 1.29 is 22.7 Å². The average Bonchev–Trinajstić information content (AvgIpc) is 3.06. The Morgan fingerprint density at radius 3 is 2.42 bits per heavy atom. The number of aromatic nitrogens is 3. The van der Waals surface area contributed by atoms with E-state index >= 15 is 0 Å². The second-order valence-electron chi connectivity index (χ2n) is 6.82. The molecule has 1 aromatic carbocycles. The Hall–Kier alpha value is -3.21. The van der Waals surface area contributed by atoms with Gasteiger partial charge in [0.05, 0.1) is 17.0 Å². The largest absolute Gasteiger partial charge is 0.573 e. The Morgan fingerprint density at radius 1 is 1.16 bits per heavy atom. The number of amides is 1. The molecule has 1 N–H and O–H groups in total. The van der Waals surface area contributed by atoms with Crippen LogP contribution in [-0.2, 0) is 13.6 Å². The van der Waals surface area contributed by atoms with Crippen molar-refractivity contribution >= 4 is 17.2 Å². The van der Waals surface area contributed by atoms with Crippen molar-refractivity contribution in [3.8, 4) is 16.3 Å². The summed E-state index contributed by atoms with van der Waals surface area (Å²) in [7, 11) is 1.55. The highest BCUT2D eigenvalue weighted by atomic mass is 32.1. The molecule has 2 heterocycles. The number of nitrogens with zero attached hydrogens (tertiary/aromatic N) is 3. The van der Waals surface area contributed by atoms with Gasteiger partial charge in [-0.25, -0.2) is 9.67 Å². The normalized spacial score (nSPS) is 11.5. The fourth-order valence-electron chi connectivity index (χ4n) is 2.89. The number of hydrogen-bond donors (Lipinski definition) is 1. The van der Waals surface area contributed by atoms with Crippen molar-refractivity contribution in [3.63, 3.8) is 0 Å². The number of benzene rings is 1. The zero-order valence-corrected chi connectivity index (χ0v) is 17.9. The van der Waals surface area contributed by atoms with Crippen LogP contribution in [0.4, 0.5) is 13.2 Å². The van der Waals surface area contributed by atoms with Gasteiger partial charge in [-0.1, -0.05) is 12.1 Å². The number of carbonyl (C=O) groups excluding carboxylic acids is 1. The summed E-state index contributed by atoms with van der Waals surface area (Å²) < 4.78 is 41.8. The quantitative estimate of drug-likeness (QED) is 0.639. The molecule has 11 heteroatoms. The Morgan fingerprint density at radius 2 is 1.81 bits per heavy atom. The van der Waals surface area contributed by atoms with Crippen LogP contribution in [0, 0.1) is 20.8 Å². The molecule has 2 aromatic heterocycles. The van der Waals surface area contributed by atoms with Gasteiger partial charge in [-0.05, 0) is 44.0 Å². The first-order valence-corrected chi connectivity index (χ1v) is 9.93. The molecule has 0 bridgehead atoms. The first-order chi connectivity index (χ1) is 14.5. The van der Waals surface area contributed by atoms with Gasteiger partial charge < -0.3 is 10.1 Å².